The summed E-state index contributed by atoms with van der Waals surface area (Å²) >= 11 is 3.14. The van der Waals surface area contributed by atoms with Gasteiger partial charge in [0.25, 0.3) is 0 Å². The smallest absolute Gasteiger partial charge is 0.387 e. The molecule has 18 heavy (non-hydrogen) atoms. The van der Waals surface area contributed by atoms with Crippen LogP contribution in [0.1, 0.15) is 12.5 Å². The molecule has 2 N–H and O–H groups in total. The van der Waals surface area contributed by atoms with Crippen LogP contribution in [-0.2, 0) is 16.0 Å². The quantitative estimate of drug-likeness (QED) is 0.668. The first-order chi connectivity index (χ1) is 8.45. The number of halogens is 3. The van der Waals surface area contributed by atoms with Gasteiger partial charge in [-0.05, 0) is 35.0 Å². The van der Waals surface area contributed by atoms with Gasteiger partial charge < -0.3 is 15.2 Å². The zero-order chi connectivity index (χ0) is 13.7. The van der Waals surface area contributed by atoms with E-state index in [1.165, 1.54) is 12.1 Å². The molecule has 1 aromatic rings. The van der Waals surface area contributed by atoms with Crippen molar-refractivity contribution in [2.45, 2.75) is 20.0 Å². The van der Waals surface area contributed by atoms with Gasteiger partial charge in [-0.25, -0.2) is 0 Å². The molecule has 0 heterocycles. The average molecular weight is 324 g/mol. The van der Waals surface area contributed by atoms with E-state index in [1.807, 2.05) is 0 Å². The maximum Gasteiger partial charge on any atom is 0.387 e. The van der Waals surface area contributed by atoms with E-state index in [2.05, 4.69) is 20.7 Å². The van der Waals surface area contributed by atoms with Gasteiger partial charge in [-0.2, -0.15) is 8.78 Å². The van der Waals surface area contributed by atoms with Gasteiger partial charge in [-0.1, -0.05) is 0 Å². The van der Waals surface area contributed by atoms with Crippen LogP contribution >= 0.6 is 15.9 Å². The van der Waals surface area contributed by atoms with Crippen molar-refractivity contribution in [3.05, 3.63) is 22.2 Å². The molecular weight excluding hydrogens is 312 g/mol. The van der Waals surface area contributed by atoms with E-state index >= 15 is 0 Å². The number of anilines is 1. The normalized spacial score (nSPS) is 10.5. The summed E-state index contributed by atoms with van der Waals surface area (Å²) in [5.74, 6) is -0.637. The molecule has 0 aromatic heterocycles. The minimum atomic E-state index is -2.97. The number of carbonyl (C=O) groups is 1. The van der Waals surface area contributed by atoms with E-state index in [9.17, 15) is 13.6 Å². The van der Waals surface area contributed by atoms with Crippen molar-refractivity contribution in [1.29, 1.82) is 0 Å². The molecule has 0 spiro atoms. The van der Waals surface area contributed by atoms with Gasteiger partial charge in [0.2, 0.25) is 0 Å². The summed E-state index contributed by atoms with van der Waals surface area (Å²) in [5, 5.41) is 0. The Morgan fingerprint density at radius 2 is 2.17 bits per heavy atom. The molecule has 0 saturated carbocycles. The molecule has 0 bridgehead atoms. The van der Waals surface area contributed by atoms with Crippen molar-refractivity contribution in [3.63, 3.8) is 0 Å². The van der Waals surface area contributed by atoms with Crippen LogP contribution in [0.2, 0.25) is 0 Å². The molecule has 1 aromatic carbocycles. The third kappa shape index (κ3) is 3.83. The van der Waals surface area contributed by atoms with E-state index < -0.39 is 12.6 Å². The number of benzene rings is 1. The Bertz CT molecular complexity index is 441. The topological polar surface area (TPSA) is 61.5 Å². The monoisotopic (exact) mass is 323 g/mol. The van der Waals surface area contributed by atoms with Gasteiger partial charge in [0.05, 0.1) is 13.0 Å². The number of carbonyl (C=O) groups excluding carboxylic acids is 1. The number of nitrogens with two attached hydrogens (primary N) is 1. The van der Waals surface area contributed by atoms with Gasteiger partial charge in [-0.15, -0.1) is 0 Å². The number of alkyl halides is 2. The maximum atomic E-state index is 12.2. The Morgan fingerprint density at radius 1 is 1.50 bits per heavy atom. The largest absolute Gasteiger partial charge is 0.466 e. The summed E-state index contributed by atoms with van der Waals surface area (Å²) in [6.07, 6.45) is -0.193. The van der Waals surface area contributed by atoms with Gasteiger partial charge in [-0.3, -0.25) is 4.79 Å². The molecule has 0 radical (unpaired) electrons. The molecule has 0 atom stereocenters. The second kappa shape index (κ2) is 6.53. The summed E-state index contributed by atoms with van der Waals surface area (Å²) in [5.41, 5.74) is 6.20. The lowest BCUT2D eigenvalue weighted by Crippen LogP contribution is -2.12. The number of ether oxygens (including phenoxy) is 2. The van der Waals surface area contributed by atoms with Crippen molar-refractivity contribution in [2.24, 2.45) is 0 Å². The lowest BCUT2D eigenvalue weighted by molar-refractivity contribution is -0.142. The second-order valence-corrected chi connectivity index (χ2v) is 4.10. The molecule has 0 unspecified atom stereocenters. The van der Waals surface area contributed by atoms with E-state index in [4.69, 9.17) is 10.5 Å². The van der Waals surface area contributed by atoms with Crippen molar-refractivity contribution >= 4 is 27.6 Å². The average Bonchev–Trinajstić information content (AvgIpc) is 2.28. The fourth-order valence-corrected chi connectivity index (χ4v) is 1.82. The van der Waals surface area contributed by atoms with Crippen molar-refractivity contribution < 1.29 is 23.0 Å². The van der Waals surface area contributed by atoms with Crippen LogP contribution in [0.3, 0.4) is 0 Å². The Labute approximate surface area is 111 Å². The van der Waals surface area contributed by atoms with Crippen molar-refractivity contribution in [2.75, 3.05) is 12.3 Å². The number of hydrogen-bond acceptors (Lipinski definition) is 4. The Hall–Kier alpha value is -1.37. The molecular formula is C11H12BrF2NO3. The predicted molar refractivity (Wildman–Crippen MR) is 65.5 cm³/mol. The highest BCUT2D eigenvalue weighted by molar-refractivity contribution is 9.10. The van der Waals surface area contributed by atoms with Crippen LogP contribution in [-0.4, -0.2) is 19.2 Å². The maximum absolute atomic E-state index is 12.2. The van der Waals surface area contributed by atoms with Crippen molar-refractivity contribution in [1.82, 2.24) is 0 Å². The molecule has 0 aliphatic heterocycles. The highest BCUT2D eigenvalue weighted by atomic mass is 79.9. The molecule has 4 nitrogen and oxygen atoms in total. The molecule has 0 aliphatic rings. The number of nitrogen functional groups attached to an aromatic ring is 1. The molecule has 1 rings (SSSR count). The van der Waals surface area contributed by atoms with E-state index in [0.717, 1.165) is 0 Å². The summed E-state index contributed by atoms with van der Waals surface area (Å²) in [4.78, 5) is 11.4. The number of esters is 1. The standard InChI is InChI=1S/C11H12BrF2NO3/c1-2-17-9(16)5-6-8(18-11(13)14)4-3-7(15)10(6)12/h3-4,11H,2,5,15H2,1H3. The van der Waals surface area contributed by atoms with Crippen LogP contribution in [0, 0.1) is 0 Å². The Morgan fingerprint density at radius 3 is 2.72 bits per heavy atom. The van der Waals surface area contributed by atoms with E-state index in [-0.39, 0.29) is 24.3 Å². The summed E-state index contributed by atoms with van der Waals surface area (Å²) in [6, 6.07) is 2.71. The SMILES string of the molecule is CCOC(=O)Cc1c(OC(F)F)ccc(N)c1Br. The molecule has 0 aliphatic carbocycles. The molecule has 0 saturated heterocycles. The number of hydrogen-bond donors (Lipinski definition) is 1. The first-order valence-corrected chi connectivity index (χ1v) is 5.92. The van der Waals surface area contributed by atoms with Gasteiger partial charge >= 0.3 is 12.6 Å². The predicted octanol–water partition coefficient (Wildman–Crippen LogP) is 2.74. The first-order valence-electron chi connectivity index (χ1n) is 5.13. The zero-order valence-electron chi connectivity index (χ0n) is 9.58. The third-order valence-electron chi connectivity index (χ3n) is 2.07. The molecule has 7 heteroatoms. The minimum absolute atomic E-state index is 0.0980. The molecule has 0 amide bonds. The summed E-state index contributed by atoms with van der Waals surface area (Å²) in [6.45, 7) is -1.10. The Kier molecular flexibility index (Phi) is 5.33. The molecule has 0 fully saturated rings. The minimum Gasteiger partial charge on any atom is -0.466 e. The second-order valence-electron chi connectivity index (χ2n) is 3.31. The lowest BCUT2D eigenvalue weighted by atomic mass is 10.1. The van der Waals surface area contributed by atoms with Crippen LogP contribution < -0.4 is 10.5 Å². The van der Waals surface area contributed by atoms with Crippen LogP contribution in [0.5, 0.6) is 5.75 Å². The van der Waals surface area contributed by atoms with E-state index in [0.29, 0.717) is 10.2 Å². The highest BCUT2D eigenvalue weighted by Crippen LogP contribution is 2.33. The molecule has 100 valence electrons. The van der Waals surface area contributed by atoms with Crippen LogP contribution in [0.4, 0.5) is 14.5 Å². The highest BCUT2D eigenvalue weighted by Gasteiger charge is 2.18. The fourth-order valence-electron chi connectivity index (χ4n) is 1.35. The third-order valence-corrected chi connectivity index (χ3v) is 3.01. The van der Waals surface area contributed by atoms with Crippen molar-refractivity contribution in [3.8, 4) is 5.75 Å². The van der Waals surface area contributed by atoms with Gasteiger partial charge in [0, 0.05) is 15.7 Å². The number of rotatable bonds is 5. The van der Waals surface area contributed by atoms with Crippen LogP contribution in [0.25, 0.3) is 0 Å². The first kappa shape index (κ1) is 14.7. The summed E-state index contributed by atoms with van der Waals surface area (Å²) in [7, 11) is 0. The summed E-state index contributed by atoms with van der Waals surface area (Å²) < 4.78 is 33.9. The zero-order valence-corrected chi connectivity index (χ0v) is 11.2. The van der Waals surface area contributed by atoms with Gasteiger partial charge in [0.15, 0.2) is 0 Å². The fraction of sp³-hybridized carbons (Fsp3) is 0.364. The van der Waals surface area contributed by atoms with Gasteiger partial charge in [0.1, 0.15) is 5.75 Å². The Balaban J connectivity index is 3.04. The lowest BCUT2D eigenvalue weighted by Gasteiger charge is -2.13. The van der Waals surface area contributed by atoms with E-state index in [1.54, 1.807) is 6.92 Å². The van der Waals surface area contributed by atoms with Crippen LogP contribution in [0.15, 0.2) is 16.6 Å².